The van der Waals surface area contributed by atoms with Crippen LogP contribution in [0.1, 0.15) is 42.3 Å². The van der Waals surface area contributed by atoms with Gasteiger partial charge >= 0.3 is 0 Å². The SMILES string of the molecule is CC(C)(C)C1Cc2c(O)cccc2CCN1C(=O)c1c[nH]c2ccccc12. The van der Waals surface area contributed by atoms with Crippen LogP contribution in [0.5, 0.6) is 5.75 Å². The number of aromatic nitrogens is 1. The van der Waals surface area contributed by atoms with Gasteiger partial charge in [0.05, 0.1) is 5.56 Å². The Bertz CT molecular complexity index is 997. The summed E-state index contributed by atoms with van der Waals surface area (Å²) in [4.78, 5) is 18.8. The molecule has 1 aromatic heterocycles. The molecule has 1 aliphatic heterocycles. The highest BCUT2D eigenvalue weighted by atomic mass is 16.3. The average Bonchev–Trinajstić information content (AvgIpc) is 2.94. The van der Waals surface area contributed by atoms with Gasteiger partial charge in [-0.1, -0.05) is 51.1 Å². The number of phenolic OH excluding ortho intramolecular Hbond substituents is 1. The molecule has 0 saturated carbocycles. The summed E-state index contributed by atoms with van der Waals surface area (Å²) < 4.78 is 0. The smallest absolute Gasteiger partial charge is 0.256 e. The van der Waals surface area contributed by atoms with Crippen LogP contribution in [0, 0.1) is 5.41 Å². The third kappa shape index (κ3) is 3.09. The number of nitrogens with zero attached hydrogens (tertiary/aromatic N) is 1. The quantitative estimate of drug-likeness (QED) is 0.668. The lowest BCUT2D eigenvalue weighted by molar-refractivity contribution is 0.0533. The lowest BCUT2D eigenvalue weighted by Gasteiger charge is -2.39. The van der Waals surface area contributed by atoms with Crippen LogP contribution in [-0.2, 0) is 12.8 Å². The van der Waals surface area contributed by atoms with Gasteiger partial charge in [-0.2, -0.15) is 0 Å². The van der Waals surface area contributed by atoms with Crippen molar-refractivity contribution in [3.05, 3.63) is 65.4 Å². The minimum Gasteiger partial charge on any atom is -0.508 e. The third-order valence-electron chi connectivity index (χ3n) is 5.72. The number of aromatic hydroxyl groups is 1. The molecule has 0 fully saturated rings. The normalized spacial score (nSPS) is 17.6. The summed E-state index contributed by atoms with van der Waals surface area (Å²) in [7, 11) is 0. The molecule has 0 radical (unpaired) electrons. The van der Waals surface area contributed by atoms with Crippen molar-refractivity contribution >= 4 is 16.8 Å². The van der Waals surface area contributed by atoms with Crippen LogP contribution in [0.3, 0.4) is 0 Å². The Labute approximate surface area is 159 Å². The fraction of sp³-hybridized carbons (Fsp3) is 0.348. The van der Waals surface area contributed by atoms with E-state index in [1.807, 2.05) is 41.4 Å². The molecule has 1 atom stereocenters. The maximum absolute atomic E-state index is 13.6. The van der Waals surface area contributed by atoms with Gasteiger partial charge in [0.15, 0.2) is 0 Å². The van der Waals surface area contributed by atoms with E-state index in [2.05, 4.69) is 31.8 Å². The summed E-state index contributed by atoms with van der Waals surface area (Å²) in [6.45, 7) is 7.14. The Hall–Kier alpha value is -2.75. The first-order valence-electron chi connectivity index (χ1n) is 9.53. The zero-order chi connectivity index (χ0) is 19.2. The molecule has 4 rings (SSSR count). The number of carbonyl (C=O) groups excluding carboxylic acids is 1. The van der Waals surface area contributed by atoms with Crippen LogP contribution in [0.4, 0.5) is 0 Å². The van der Waals surface area contributed by atoms with Crippen molar-refractivity contribution in [2.24, 2.45) is 5.41 Å². The number of H-pyrrole nitrogens is 1. The summed E-state index contributed by atoms with van der Waals surface area (Å²) in [5.41, 5.74) is 3.70. The second kappa shape index (κ2) is 6.45. The Morgan fingerprint density at radius 1 is 1.15 bits per heavy atom. The molecule has 1 amide bonds. The number of amides is 1. The lowest BCUT2D eigenvalue weighted by Crippen LogP contribution is -2.48. The predicted octanol–water partition coefficient (Wildman–Crippen LogP) is 4.53. The maximum atomic E-state index is 13.6. The van der Waals surface area contributed by atoms with Crippen molar-refractivity contribution in [1.29, 1.82) is 0 Å². The summed E-state index contributed by atoms with van der Waals surface area (Å²) in [5, 5.41) is 11.4. The Kier molecular flexibility index (Phi) is 4.22. The average molecular weight is 362 g/mol. The zero-order valence-electron chi connectivity index (χ0n) is 16.1. The highest BCUT2D eigenvalue weighted by Crippen LogP contribution is 2.36. The molecule has 1 unspecified atom stereocenters. The summed E-state index contributed by atoms with van der Waals surface area (Å²) >= 11 is 0. The molecule has 2 aromatic carbocycles. The van der Waals surface area contributed by atoms with E-state index >= 15 is 0 Å². The van der Waals surface area contributed by atoms with Gasteiger partial charge in [-0.05, 0) is 41.5 Å². The number of hydrogen-bond donors (Lipinski definition) is 2. The highest BCUT2D eigenvalue weighted by Gasteiger charge is 2.37. The Morgan fingerprint density at radius 3 is 2.70 bits per heavy atom. The first-order chi connectivity index (χ1) is 12.9. The van der Waals surface area contributed by atoms with E-state index in [9.17, 15) is 9.90 Å². The van der Waals surface area contributed by atoms with Gasteiger partial charge in [0, 0.05) is 29.7 Å². The molecule has 4 nitrogen and oxygen atoms in total. The molecule has 0 spiro atoms. The van der Waals surface area contributed by atoms with Crippen LogP contribution >= 0.6 is 0 Å². The number of hydrogen-bond acceptors (Lipinski definition) is 2. The van der Waals surface area contributed by atoms with Crippen LogP contribution in [-0.4, -0.2) is 33.5 Å². The minimum atomic E-state index is -0.105. The van der Waals surface area contributed by atoms with E-state index in [1.54, 1.807) is 6.07 Å². The fourth-order valence-electron chi connectivity index (χ4n) is 4.21. The van der Waals surface area contributed by atoms with Gasteiger partial charge < -0.3 is 15.0 Å². The maximum Gasteiger partial charge on any atom is 0.256 e. The number of aromatic amines is 1. The van der Waals surface area contributed by atoms with Crippen molar-refractivity contribution in [3.8, 4) is 5.75 Å². The van der Waals surface area contributed by atoms with E-state index in [0.717, 1.165) is 34.0 Å². The number of nitrogens with one attached hydrogen (secondary N) is 1. The van der Waals surface area contributed by atoms with Crippen molar-refractivity contribution in [1.82, 2.24) is 9.88 Å². The fourth-order valence-corrected chi connectivity index (χ4v) is 4.21. The van der Waals surface area contributed by atoms with Gasteiger partial charge in [0.2, 0.25) is 0 Å². The molecule has 2 N–H and O–H groups in total. The second-order valence-corrected chi connectivity index (χ2v) is 8.50. The second-order valence-electron chi connectivity index (χ2n) is 8.50. The largest absolute Gasteiger partial charge is 0.508 e. The number of para-hydroxylation sites is 1. The monoisotopic (exact) mass is 362 g/mol. The third-order valence-corrected chi connectivity index (χ3v) is 5.72. The van der Waals surface area contributed by atoms with Gasteiger partial charge in [0.25, 0.3) is 5.91 Å². The molecule has 1 aliphatic rings. The molecule has 0 bridgehead atoms. The highest BCUT2D eigenvalue weighted by molar-refractivity contribution is 6.06. The zero-order valence-corrected chi connectivity index (χ0v) is 16.1. The van der Waals surface area contributed by atoms with Crippen LogP contribution in [0.2, 0.25) is 0 Å². The molecule has 0 saturated heterocycles. The summed E-state index contributed by atoms with van der Waals surface area (Å²) in [6.07, 6.45) is 3.24. The standard InChI is InChI=1S/C23H26N2O2/c1-23(2,3)21-13-17-15(7-6-10-20(17)26)11-12-25(21)22(27)18-14-24-19-9-5-4-8-16(18)19/h4-10,14,21,24,26H,11-13H2,1-3H3. The number of benzene rings is 2. The first kappa shape index (κ1) is 17.7. The van der Waals surface area contributed by atoms with E-state index in [1.165, 1.54) is 0 Å². The Morgan fingerprint density at radius 2 is 1.93 bits per heavy atom. The molecule has 3 aromatic rings. The number of carbonyl (C=O) groups is 1. The topological polar surface area (TPSA) is 56.3 Å². The Balaban J connectivity index is 1.77. The van der Waals surface area contributed by atoms with Gasteiger partial charge in [0.1, 0.15) is 5.75 Å². The molecule has 140 valence electrons. The summed E-state index contributed by atoms with van der Waals surface area (Å²) in [5.74, 6) is 0.391. The molecular formula is C23H26N2O2. The van der Waals surface area contributed by atoms with Gasteiger partial charge in [-0.3, -0.25) is 4.79 Å². The number of phenols is 1. The van der Waals surface area contributed by atoms with Crippen molar-refractivity contribution < 1.29 is 9.90 Å². The number of fused-ring (bicyclic) bond motifs is 2. The first-order valence-corrected chi connectivity index (χ1v) is 9.53. The van der Waals surface area contributed by atoms with Crippen LogP contribution in [0.15, 0.2) is 48.7 Å². The van der Waals surface area contributed by atoms with Gasteiger partial charge in [-0.25, -0.2) is 0 Å². The minimum absolute atomic E-state index is 0.00760. The van der Waals surface area contributed by atoms with E-state index in [-0.39, 0.29) is 17.4 Å². The molecule has 0 aliphatic carbocycles. The molecule has 4 heteroatoms. The van der Waals surface area contributed by atoms with E-state index < -0.39 is 0 Å². The van der Waals surface area contributed by atoms with Crippen molar-refractivity contribution in [3.63, 3.8) is 0 Å². The lowest BCUT2D eigenvalue weighted by atomic mass is 9.81. The number of rotatable bonds is 1. The van der Waals surface area contributed by atoms with Crippen molar-refractivity contribution in [2.45, 2.75) is 39.7 Å². The van der Waals surface area contributed by atoms with Crippen LogP contribution in [0.25, 0.3) is 10.9 Å². The molecule has 27 heavy (non-hydrogen) atoms. The molecular weight excluding hydrogens is 336 g/mol. The van der Waals surface area contributed by atoms with Gasteiger partial charge in [-0.15, -0.1) is 0 Å². The summed E-state index contributed by atoms with van der Waals surface area (Å²) in [6, 6.07) is 13.6. The van der Waals surface area contributed by atoms with Crippen molar-refractivity contribution in [2.75, 3.05) is 6.54 Å². The van der Waals surface area contributed by atoms with Crippen LogP contribution < -0.4 is 0 Å². The molecule has 2 heterocycles. The van der Waals surface area contributed by atoms with E-state index in [0.29, 0.717) is 18.7 Å². The predicted molar refractivity (Wildman–Crippen MR) is 108 cm³/mol. The van der Waals surface area contributed by atoms with E-state index in [4.69, 9.17) is 0 Å².